The number of benzene rings is 1. The van der Waals surface area contributed by atoms with Gasteiger partial charge in [-0.1, -0.05) is 21.3 Å². The molecule has 0 atom stereocenters. The van der Waals surface area contributed by atoms with E-state index in [-0.39, 0.29) is 48.4 Å². The van der Waals surface area contributed by atoms with E-state index in [9.17, 15) is 18.4 Å². The molecule has 3 amide bonds. The first-order valence-corrected chi connectivity index (χ1v) is 9.86. The first-order valence-electron chi connectivity index (χ1n) is 9.86. The first-order chi connectivity index (χ1) is 14.3. The highest BCUT2D eigenvalue weighted by Crippen LogP contribution is 2.22. The summed E-state index contributed by atoms with van der Waals surface area (Å²) < 4.78 is 27.2. The number of hydrogen-bond donors (Lipinski definition) is 1. The van der Waals surface area contributed by atoms with Crippen molar-refractivity contribution in [1.82, 2.24) is 19.8 Å². The molecule has 0 radical (unpaired) electrons. The van der Waals surface area contributed by atoms with Gasteiger partial charge < -0.3 is 9.80 Å². The maximum absolute atomic E-state index is 13.9. The van der Waals surface area contributed by atoms with Gasteiger partial charge in [-0.25, -0.2) is 18.6 Å². The Hall–Kier alpha value is -3.10. The Balaban J connectivity index is 0.00000341. The van der Waals surface area contributed by atoms with Gasteiger partial charge >= 0.3 is 6.03 Å². The number of carbonyl (C=O) groups excluding carboxylic acids is 2. The van der Waals surface area contributed by atoms with E-state index in [1.807, 2.05) is 18.7 Å². The van der Waals surface area contributed by atoms with E-state index in [2.05, 4.69) is 15.3 Å². The summed E-state index contributed by atoms with van der Waals surface area (Å²) in [6.07, 6.45) is 3.98. The topological polar surface area (TPSA) is 78.4 Å². The van der Waals surface area contributed by atoms with Gasteiger partial charge in [0.2, 0.25) is 5.91 Å². The van der Waals surface area contributed by atoms with E-state index >= 15 is 0 Å². The fourth-order valence-corrected chi connectivity index (χ4v) is 3.43. The summed E-state index contributed by atoms with van der Waals surface area (Å²) in [6.45, 7) is 4.99. The number of nitrogens with zero attached hydrogens (tertiary/aromatic N) is 4. The van der Waals surface area contributed by atoms with Crippen LogP contribution < -0.4 is 5.32 Å². The van der Waals surface area contributed by atoms with Crippen LogP contribution >= 0.6 is 0 Å². The number of piperidine rings is 1. The van der Waals surface area contributed by atoms with Crippen molar-refractivity contribution in [2.24, 2.45) is 5.92 Å². The predicted octanol–water partition coefficient (Wildman–Crippen LogP) is 4.17. The van der Waals surface area contributed by atoms with Crippen molar-refractivity contribution in [3.8, 4) is 11.3 Å². The van der Waals surface area contributed by atoms with E-state index in [4.69, 9.17) is 0 Å². The number of amides is 3. The average Bonchev–Trinajstić information content (AvgIpc) is 2.75. The van der Waals surface area contributed by atoms with Crippen LogP contribution in [-0.2, 0) is 4.79 Å². The molecule has 1 aliphatic rings. The second kappa shape index (κ2) is 10.3. The number of anilines is 1. The summed E-state index contributed by atoms with van der Waals surface area (Å²) in [7, 11) is 1.70. The van der Waals surface area contributed by atoms with Gasteiger partial charge in [-0.3, -0.25) is 15.1 Å². The molecular formula is C22H29F2N5O2. The lowest BCUT2D eigenvalue weighted by atomic mass is 10.0. The standard InChI is InChI=1S/C21H25F2N5O2.CH4/c1-13(2)20(29)28-8-6-15(7-9-28)27(3)21(30)26-19-12-24-18(11-25-19)16-10-14(22)4-5-17(16)23;/h4-5,10-13,15H,6-9H2,1-3H3,(H,25,26,30);1H4. The lowest BCUT2D eigenvalue weighted by Crippen LogP contribution is -2.49. The largest absolute Gasteiger partial charge is 0.342 e. The van der Waals surface area contributed by atoms with Crippen molar-refractivity contribution in [1.29, 1.82) is 0 Å². The van der Waals surface area contributed by atoms with Crippen LogP contribution in [0.15, 0.2) is 30.6 Å². The maximum Gasteiger partial charge on any atom is 0.323 e. The zero-order valence-electron chi connectivity index (χ0n) is 17.2. The maximum atomic E-state index is 13.9. The SMILES string of the molecule is C.CC(C)C(=O)N1CCC(N(C)C(=O)Nc2cnc(-c3cc(F)ccc3F)cn2)CC1. The molecule has 0 unspecified atom stereocenters. The quantitative estimate of drug-likeness (QED) is 0.785. The number of carbonyl (C=O) groups is 2. The molecule has 7 nitrogen and oxygen atoms in total. The average molecular weight is 434 g/mol. The number of rotatable bonds is 4. The number of likely N-dealkylation sites (tertiary alicyclic amines) is 1. The fraction of sp³-hybridized carbons (Fsp3) is 0.455. The third kappa shape index (κ3) is 5.74. The third-order valence-corrected chi connectivity index (χ3v) is 5.23. The highest BCUT2D eigenvalue weighted by Gasteiger charge is 2.28. The van der Waals surface area contributed by atoms with Gasteiger partial charge in [0.05, 0.1) is 18.1 Å². The van der Waals surface area contributed by atoms with Gasteiger partial charge in [0.1, 0.15) is 11.6 Å². The molecule has 31 heavy (non-hydrogen) atoms. The third-order valence-electron chi connectivity index (χ3n) is 5.23. The molecule has 1 fully saturated rings. The zero-order valence-corrected chi connectivity index (χ0v) is 17.2. The Bertz CT molecular complexity index is 913. The van der Waals surface area contributed by atoms with Gasteiger partial charge in [-0.15, -0.1) is 0 Å². The second-order valence-corrected chi connectivity index (χ2v) is 7.66. The van der Waals surface area contributed by atoms with E-state index in [0.717, 1.165) is 18.2 Å². The smallest absolute Gasteiger partial charge is 0.323 e. The molecule has 1 saturated heterocycles. The second-order valence-electron chi connectivity index (χ2n) is 7.66. The minimum atomic E-state index is -0.607. The van der Waals surface area contributed by atoms with Gasteiger partial charge in [-0.2, -0.15) is 0 Å². The number of aromatic nitrogens is 2. The van der Waals surface area contributed by atoms with E-state index < -0.39 is 11.6 Å². The number of hydrogen-bond acceptors (Lipinski definition) is 4. The molecule has 0 aliphatic carbocycles. The number of urea groups is 1. The van der Waals surface area contributed by atoms with Crippen LogP contribution in [0.25, 0.3) is 11.3 Å². The summed E-state index contributed by atoms with van der Waals surface area (Å²) in [5.74, 6) is -0.881. The van der Waals surface area contributed by atoms with Crippen molar-refractivity contribution < 1.29 is 18.4 Å². The van der Waals surface area contributed by atoms with Crippen LogP contribution in [0.5, 0.6) is 0 Å². The van der Waals surface area contributed by atoms with Crippen LogP contribution in [0.3, 0.4) is 0 Å². The molecule has 9 heteroatoms. The van der Waals surface area contributed by atoms with Crippen LogP contribution in [-0.4, -0.2) is 57.9 Å². The summed E-state index contributed by atoms with van der Waals surface area (Å²) in [4.78, 5) is 36.2. The monoisotopic (exact) mass is 433 g/mol. The molecule has 1 aliphatic heterocycles. The molecular weight excluding hydrogens is 404 g/mol. The molecule has 1 aromatic carbocycles. The van der Waals surface area contributed by atoms with Gasteiger partial charge in [0, 0.05) is 37.7 Å². The minimum absolute atomic E-state index is 0. The Kier molecular flexibility index (Phi) is 8.01. The number of nitrogens with one attached hydrogen (secondary N) is 1. The van der Waals surface area contributed by atoms with Crippen molar-refractivity contribution >= 4 is 17.8 Å². The lowest BCUT2D eigenvalue weighted by Gasteiger charge is -2.37. The Morgan fingerprint density at radius 2 is 1.84 bits per heavy atom. The summed E-state index contributed by atoms with van der Waals surface area (Å²) >= 11 is 0. The predicted molar refractivity (Wildman–Crippen MR) is 115 cm³/mol. The van der Waals surface area contributed by atoms with E-state index in [1.165, 1.54) is 12.4 Å². The van der Waals surface area contributed by atoms with E-state index in [0.29, 0.717) is 25.9 Å². The molecule has 168 valence electrons. The van der Waals surface area contributed by atoms with Crippen LogP contribution in [0.4, 0.5) is 19.4 Å². The molecule has 0 bridgehead atoms. The fourth-order valence-electron chi connectivity index (χ4n) is 3.43. The van der Waals surface area contributed by atoms with Crippen LogP contribution in [0.2, 0.25) is 0 Å². The first kappa shape index (κ1) is 24.2. The molecule has 0 saturated carbocycles. The van der Waals surface area contributed by atoms with Gasteiger partial charge in [0.15, 0.2) is 5.82 Å². The lowest BCUT2D eigenvalue weighted by molar-refractivity contribution is -0.135. The van der Waals surface area contributed by atoms with Crippen molar-refractivity contribution in [2.75, 3.05) is 25.5 Å². The molecule has 2 aromatic rings. The highest BCUT2D eigenvalue weighted by atomic mass is 19.1. The minimum Gasteiger partial charge on any atom is -0.342 e. The molecule has 3 rings (SSSR count). The summed E-state index contributed by atoms with van der Waals surface area (Å²) in [5, 5.41) is 2.66. The molecule has 0 spiro atoms. The van der Waals surface area contributed by atoms with Crippen molar-refractivity contribution in [3.05, 3.63) is 42.2 Å². The van der Waals surface area contributed by atoms with E-state index in [1.54, 1.807) is 11.9 Å². The molecule has 1 N–H and O–H groups in total. The van der Waals surface area contributed by atoms with Crippen molar-refractivity contribution in [2.45, 2.75) is 40.2 Å². The summed E-state index contributed by atoms with van der Waals surface area (Å²) in [6, 6.07) is 2.76. The number of halogens is 2. The Labute approximate surface area is 181 Å². The Morgan fingerprint density at radius 3 is 2.42 bits per heavy atom. The Morgan fingerprint density at radius 1 is 1.16 bits per heavy atom. The van der Waals surface area contributed by atoms with Gasteiger partial charge in [-0.05, 0) is 31.0 Å². The van der Waals surface area contributed by atoms with Crippen LogP contribution in [0, 0.1) is 17.6 Å². The van der Waals surface area contributed by atoms with Gasteiger partial charge in [0.25, 0.3) is 0 Å². The molecule has 1 aromatic heterocycles. The molecule has 2 heterocycles. The normalized spacial score (nSPS) is 14.2. The zero-order chi connectivity index (χ0) is 21.8. The van der Waals surface area contributed by atoms with Crippen LogP contribution in [0.1, 0.15) is 34.1 Å². The summed E-state index contributed by atoms with van der Waals surface area (Å²) in [5.41, 5.74) is 0.167. The highest BCUT2D eigenvalue weighted by molar-refractivity contribution is 5.88. The van der Waals surface area contributed by atoms with Crippen molar-refractivity contribution in [3.63, 3.8) is 0 Å².